The van der Waals surface area contributed by atoms with Crippen LogP contribution >= 0.6 is 0 Å². The molecule has 0 spiro atoms. The van der Waals surface area contributed by atoms with Crippen LogP contribution in [0.25, 0.3) is 0 Å². The summed E-state index contributed by atoms with van der Waals surface area (Å²) in [5.41, 5.74) is 5.04. The van der Waals surface area contributed by atoms with Crippen LogP contribution in [-0.2, 0) is 19.1 Å². The Kier molecular flexibility index (Phi) is 7.80. The minimum atomic E-state index is -1.28. The molecule has 0 radical (unpaired) electrons. The number of nitrogens with zero attached hydrogens (tertiary/aromatic N) is 1. The van der Waals surface area contributed by atoms with Crippen molar-refractivity contribution in [2.45, 2.75) is 38.8 Å². The SMILES string of the molecule is COC(=O)CC[C@H](NC(=O)N(CC(N)=O)C(C)C)C(=O)O. The highest BCUT2D eigenvalue weighted by Crippen LogP contribution is 2.03. The quantitative estimate of drug-likeness (QED) is 0.507. The van der Waals surface area contributed by atoms with Crippen molar-refractivity contribution in [3.63, 3.8) is 0 Å². The van der Waals surface area contributed by atoms with Gasteiger partial charge in [-0.15, -0.1) is 0 Å². The van der Waals surface area contributed by atoms with Crippen molar-refractivity contribution in [1.82, 2.24) is 10.2 Å². The lowest BCUT2D eigenvalue weighted by Crippen LogP contribution is -2.52. The van der Waals surface area contributed by atoms with Gasteiger partial charge in [-0.25, -0.2) is 9.59 Å². The molecular weight excluding hydrogens is 282 g/mol. The zero-order valence-electron chi connectivity index (χ0n) is 12.3. The summed E-state index contributed by atoms with van der Waals surface area (Å²) in [5.74, 6) is -2.57. The van der Waals surface area contributed by atoms with Crippen LogP contribution in [-0.4, -0.2) is 59.6 Å². The fourth-order valence-electron chi connectivity index (χ4n) is 1.51. The first-order valence-electron chi connectivity index (χ1n) is 6.34. The maximum atomic E-state index is 12.0. The third kappa shape index (κ3) is 7.14. The van der Waals surface area contributed by atoms with Crippen LogP contribution in [0, 0.1) is 0 Å². The molecule has 0 rings (SSSR count). The number of urea groups is 1. The van der Waals surface area contributed by atoms with E-state index in [0.717, 1.165) is 4.90 Å². The molecule has 0 fully saturated rings. The van der Waals surface area contributed by atoms with Crippen LogP contribution in [0.1, 0.15) is 26.7 Å². The topological polar surface area (TPSA) is 139 Å². The molecule has 0 aromatic carbocycles. The van der Waals surface area contributed by atoms with Gasteiger partial charge < -0.3 is 25.8 Å². The number of carboxylic acid groups (broad SMARTS) is 1. The number of primary amides is 1. The molecule has 9 nitrogen and oxygen atoms in total. The molecule has 0 unspecified atom stereocenters. The second-order valence-corrected chi connectivity index (χ2v) is 4.64. The maximum Gasteiger partial charge on any atom is 0.326 e. The molecule has 0 bridgehead atoms. The molecule has 0 saturated carbocycles. The predicted octanol–water partition coefficient (Wildman–Crippen LogP) is -0.702. The second-order valence-electron chi connectivity index (χ2n) is 4.64. The number of aliphatic carboxylic acids is 1. The van der Waals surface area contributed by atoms with E-state index in [2.05, 4.69) is 10.1 Å². The lowest BCUT2D eigenvalue weighted by atomic mass is 10.1. The Morgan fingerprint density at radius 2 is 1.86 bits per heavy atom. The van der Waals surface area contributed by atoms with E-state index in [9.17, 15) is 19.2 Å². The molecule has 21 heavy (non-hydrogen) atoms. The lowest BCUT2D eigenvalue weighted by Gasteiger charge is -2.27. The van der Waals surface area contributed by atoms with Gasteiger partial charge in [-0.3, -0.25) is 9.59 Å². The summed E-state index contributed by atoms with van der Waals surface area (Å²) in [4.78, 5) is 46.1. The molecule has 3 amide bonds. The number of ether oxygens (including phenoxy) is 1. The first-order chi connectivity index (χ1) is 9.68. The number of nitrogens with one attached hydrogen (secondary N) is 1. The Hall–Kier alpha value is -2.32. The molecular formula is C12H21N3O6. The van der Waals surface area contributed by atoms with E-state index in [-0.39, 0.29) is 25.4 Å². The number of hydrogen-bond acceptors (Lipinski definition) is 5. The van der Waals surface area contributed by atoms with Crippen molar-refractivity contribution < 1.29 is 29.0 Å². The molecule has 0 saturated heterocycles. The summed E-state index contributed by atoms with van der Waals surface area (Å²) in [6.07, 6.45) is -0.262. The largest absolute Gasteiger partial charge is 0.480 e. The molecule has 1 atom stereocenters. The average Bonchev–Trinajstić information content (AvgIpc) is 2.38. The van der Waals surface area contributed by atoms with Crippen molar-refractivity contribution >= 4 is 23.9 Å². The first-order valence-corrected chi connectivity index (χ1v) is 6.34. The molecule has 120 valence electrons. The van der Waals surface area contributed by atoms with Crippen LogP contribution < -0.4 is 11.1 Å². The van der Waals surface area contributed by atoms with E-state index in [1.807, 2.05) is 0 Å². The van der Waals surface area contributed by atoms with Gasteiger partial charge in [0.2, 0.25) is 5.91 Å². The zero-order chi connectivity index (χ0) is 16.6. The van der Waals surface area contributed by atoms with Crippen LogP contribution in [0.3, 0.4) is 0 Å². The summed E-state index contributed by atoms with van der Waals surface area (Å²) in [7, 11) is 1.18. The average molecular weight is 303 g/mol. The number of methoxy groups -OCH3 is 1. The number of hydrogen-bond donors (Lipinski definition) is 3. The fourth-order valence-corrected chi connectivity index (χ4v) is 1.51. The Balaban J connectivity index is 4.74. The first kappa shape index (κ1) is 18.7. The standard InChI is InChI=1S/C12H21N3O6/c1-7(2)15(6-9(13)16)12(20)14-8(11(18)19)4-5-10(17)21-3/h7-8H,4-6H2,1-3H3,(H2,13,16)(H,14,20)(H,18,19)/t8-/m0/s1. The van der Waals surface area contributed by atoms with Gasteiger partial charge in [-0.1, -0.05) is 0 Å². The highest BCUT2D eigenvalue weighted by atomic mass is 16.5. The molecule has 0 aliphatic rings. The molecule has 0 aliphatic carbocycles. The molecule has 0 aliphatic heterocycles. The maximum absolute atomic E-state index is 12.0. The van der Waals surface area contributed by atoms with Crippen LogP contribution in [0.4, 0.5) is 4.79 Å². The van der Waals surface area contributed by atoms with Gasteiger partial charge in [0.1, 0.15) is 12.6 Å². The van der Waals surface area contributed by atoms with Crippen molar-refractivity contribution in [3.05, 3.63) is 0 Å². The molecule has 9 heteroatoms. The molecule has 0 heterocycles. The number of esters is 1. The van der Waals surface area contributed by atoms with Gasteiger partial charge in [-0.05, 0) is 20.3 Å². The van der Waals surface area contributed by atoms with Gasteiger partial charge in [0.25, 0.3) is 0 Å². The van der Waals surface area contributed by atoms with E-state index < -0.39 is 29.9 Å². The smallest absolute Gasteiger partial charge is 0.326 e. The normalized spacial score (nSPS) is 11.6. The highest BCUT2D eigenvalue weighted by Gasteiger charge is 2.26. The van der Waals surface area contributed by atoms with Crippen molar-refractivity contribution in [3.8, 4) is 0 Å². The molecule has 0 aromatic heterocycles. The van der Waals surface area contributed by atoms with E-state index in [1.165, 1.54) is 7.11 Å². The summed E-state index contributed by atoms with van der Waals surface area (Å²) in [6.45, 7) is 2.99. The van der Waals surface area contributed by atoms with Crippen LogP contribution in [0.15, 0.2) is 0 Å². The highest BCUT2D eigenvalue weighted by molar-refractivity contribution is 5.86. The van der Waals surface area contributed by atoms with Crippen LogP contribution in [0.5, 0.6) is 0 Å². The molecule has 0 aromatic rings. The van der Waals surface area contributed by atoms with Crippen molar-refractivity contribution in [2.75, 3.05) is 13.7 Å². The van der Waals surface area contributed by atoms with Crippen molar-refractivity contribution in [2.24, 2.45) is 5.73 Å². The van der Waals surface area contributed by atoms with E-state index in [4.69, 9.17) is 10.8 Å². The third-order valence-electron chi connectivity index (χ3n) is 2.67. The van der Waals surface area contributed by atoms with Gasteiger partial charge in [-0.2, -0.15) is 0 Å². The van der Waals surface area contributed by atoms with E-state index in [0.29, 0.717) is 0 Å². The number of carbonyl (C=O) groups is 4. The number of carbonyl (C=O) groups excluding carboxylic acids is 3. The number of amides is 3. The number of rotatable bonds is 8. The Bertz CT molecular complexity index is 410. The monoisotopic (exact) mass is 303 g/mol. The van der Waals surface area contributed by atoms with E-state index in [1.54, 1.807) is 13.8 Å². The fraction of sp³-hybridized carbons (Fsp3) is 0.667. The van der Waals surface area contributed by atoms with Gasteiger partial charge in [0, 0.05) is 12.5 Å². The Morgan fingerprint density at radius 3 is 2.24 bits per heavy atom. The summed E-state index contributed by atoms with van der Waals surface area (Å²) in [6, 6.07) is -2.33. The minimum absolute atomic E-state index is 0.115. The van der Waals surface area contributed by atoms with Gasteiger partial charge in [0.15, 0.2) is 0 Å². The number of nitrogens with two attached hydrogens (primary N) is 1. The van der Waals surface area contributed by atoms with Crippen molar-refractivity contribution in [1.29, 1.82) is 0 Å². The second kappa shape index (κ2) is 8.77. The summed E-state index contributed by atoms with van der Waals surface area (Å²) in [5, 5.41) is 11.3. The Morgan fingerprint density at radius 1 is 1.29 bits per heavy atom. The summed E-state index contributed by atoms with van der Waals surface area (Å²) >= 11 is 0. The zero-order valence-corrected chi connectivity index (χ0v) is 12.3. The van der Waals surface area contributed by atoms with Gasteiger partial charge >= 0.3 is 18.0 Å². The number of carboxylic acids is 1. The van der Waals surface area contributed by atoms with Gasteiger partial charge in [0.05, 0.1) is 7.11 Å². The third-order valence-corrected chi connectivity index (χ3v) is 2.67. The molecule has 4 N–H and O–H groups in total. The lowest BCUT2D eigenvalue weighted by molar-refractivity contribution is -0.142. The van der Waals surface area contributed by atoms with E-state index >= 15 is 0 Å². The predicted molar refractivity (Wildman–Crippen MR) is 72.2 cm³/mol. The minimum Gasteiger partial charge on any atom is -0.480 e. The van der Waals surface area contributed by atoms with Crippen LogP contribution in [0.2, 0.25) is 0 Å². The Labute approximate surface area is 122 Å². The summed E-state index contributed by atoms with van der Waals surface area (Å²) < 4.78 is 4.41.